The summed E-state index contributed by atoms with van der Waals surface area (Å²) in [6, 6.07) is 0. The van der Waals surface area contributed by atoms with E-state index in [0.29, 0.717) is 5.70 Å². The molecular formula is C10H13NO3. The molecule has 76 valence electrons. The van der Waals surface area contributed by atoms with Crippen LogP contribution in [0.15, 0.2) is 41.3 Å². The van der Waals surface area contributed by atoms with Crippen LogP contribution in [0.25, 0.3) is 0 Å². The van der Waals surface area contributed by atoms with Gasteiger partial charge in [-0.05, 0) is 23.2 Å². The minimum Gasteiger partial charge on any atom is -0.478 e. The molecule has 0 saturated carbocycles. The molecule has 0 rings (SSSR count). The molecule has 0 aliphatic carbocycles. The normalized spacial score (nSPS) is 12.1. The van der Waals surface area contributed by atoms with E-state index >= 15 is 0 Å². The lowest BCUT2D eigenvalue weighted by atomic mass is 10.1. The summed E-state index contributed by atoms with van der Waals surface area (Å²) in [5.74, 6) is -1.06. The Kier molecular flexibility index (Phi) is 5.14. The third kappa shape index (κ3) is 4.35. The van der Waals surface area contributed by atoms with Gasteiger partial charge in [-0.1, -0.05) is 26.5 Å². The van der Waals surface area contributed by atoms with Gasteiger partial charge in [-0.15, -0.1) is 4.91 Å². The molecule has 4 heteroatoms. The largest absolute Gasteiger partial charge is 0.478 e. The van der Waals surface area contributed by atoms with Gasteiger partial charge in [0.1, 0.15) is 0 Å². The molecule has 14 heavy (non-hydrogen) atoms. The van der Waals surface area contributed by atoms with Gasteiger partial charge in [0.05, 0.1) is 11.3 Å². The number of aliphatic carboxylic acids is 1. The van der Waals surface area contributed by atoms with Crippen LogP contribution in [-0.2, 0) is 4.79 Å². The Morgan fingerprint density at radius 2 is 2.07 bits per heavy atom. The maximum atomic E-state index is 10.3. The highest BCUT2D eigenvalue weighted by molar-refractivity contribution is 5.89. The summed E-state index contributed by atoms with van der Waals surface area (Å²) < 4.78 is 0. The van der Waals surface area contributed by atoms with E-state index in [1.54, 1.807) is 0 Å². The molecule has 4 nitrogen and oxygen atoms in total. The van der Waals surface area contributed by atoms with E-state index in [-0.39, 0.29) is 11.5 Å². The summed E-state index contributed by atoms with van der Waals surface area (Å²) in [7, 11) is 0. The SMILES string of the molecule is C=C(/C=C\C=C(/N=O)C(C)C)C(=O)O. The number of nitrogens with zero attached hydrogens (tertiary/aromatic N) is 1. The molecule has 0 aliphatic rings. The van der Waals surface area contributed by atoms with Crippen LogP contribution >= 0.6 is 0 Å². The molecule has 0 aromatic rings. The van der Waals surface area contributed by atoms with Crippen molar-refractivity contribution >= 4 is 5.97 Å². The fourth-order valence-corrected chi connectivity index (χ4v) is 0.662. The molecule has 0 aromatic carbocycles. The number of carboxylic acid groups (broad SMARTS) is 1. The van der Waals surface area contributed by atoms with E-state index in [1.807, 2.05) is 13.8 Å². The zero-order valence-electron chi connectivity index (χ0n) is 8.23. The Bertz CT molecular complexity index is 300. The average Bonchev–Trinajstić information content (AvgIpc) is 2.11. The van der Waals surface area contributed by atoms with Crippen LogP contribution in [0.5, 0.6) is 0 Å². The van der Waals surface area contributed by atoms with Crippen molar-refractivity contribution in [3.63, 3.8) is 0 Å². The van der Waals surface area contributed by atoms with Crippen LogP contribution in [-0.4, -0.2) is 11.1 Å². The van der Waals surface area contributed by atoms with Crippen molar-refractivity contribution in [1.82, 2.24) is 0 Å². The highest BCUT2D eigenvalue weighted by Crippen LogP contribution is 2.10. The Morgan fingerprint density at radius 1 is 1.50 bits per heavy atom. The van der Waals surface area contributed by atoms with Gasteiger partial charge < -0.3 is 5.11 Å². The van der Waals surface area contributed by atoms with Crippen molar-refractivity contribution in [3.8, 4) is 0 Å². The quantitative estimate of drug-likeness (QED) is 0.416. The molecule has 0 atom stereocenters. The maximum absolute atomic E-state index is 10.3. The summed E-state index contributed by atoms with van der Waals surface area (Å²) in [5, 5.41) is 11.3. The Labute approximate surface area is 82.6 Å². The summed E-state index contributed by atoms with van der Waals surface area (Å²) in [6.45, 7) is 6.95. The van der Waals surface area contributed by atoms with E-state index in [9.17, 15) is 9.70 Å². The average molecular weight is 195 g/mol. The number of allylic oxidation sites excluding steroid dienone is 3. The van der Waals surface area contributed by atoms with Crippen LogP contribution in [0.4, 0.5) is 0 Å². The highest BCUT2D eigenvalue weighted by Gasteiger charge is 2.01. The Hall–Kier alpha value is -1.71. The number of carboxylic acids is 1. The monoisotopic (exact) mass is 195 g/mol. The lowest BCUT2D eigenvalue weighted by molar-refractivity contribution is -0.132. The van der Waals surface area contributed by atoms with Crippen molar-refractivity contribution < 1.29 is 9.90 Å². The third-order valence-electron chi connectivity index (χ3n) is 1.54. The van der Waals surface area contributed by atoms with Gasteiger partial charge in [-0.25, -0.2) is 4.79 Å². The Morgan fingerprint density at radius 3 is 2.43 bits per heavy atom. The summed E-state index contributed by atoms with van der Waals surface area (Å²) in [6.07, 6.45) is 4.24. The number of nitroso groups, excluding NO2 is 1. The minimum atomic E-state index is -1.08. The zero-order valence-corrected chi connectivity index (χ0v) is 8.23. The number of hydrogen-bond acceptors (Lipinski definition) is 3. The van der Waals surface area contributed by atoms with Crippen LogP contribution in [0, 0.1) is 10.8 Å². The van der Waals surface area contributed by atoms with Gasteiger partial charge in [0.2, 0.25) is 0 Å². The van der Waals surface area contributed by atoms with Crippen molar-refractivity contribution in [2.75, 3.05) is 0 Å². The van der Waals surface area contributed by atoms with Crippen LogP contribution in [0.3, 0.4) is 0 Å². The molecule has 0 radical (unpaired) electrons. The second-order valence-electron chi connectivity index (χ2n) is 3.03. The van der Waals surface area contributed by atoms with Crippen molar-refractivity contribution in [2.24, 2.45) is 11.1 Å². The van der Waals surface area contributed by atoms with E-state index in [4.69, 9.17) is 5.11 Å². The van der Waals surface area contributed by atoms with Gasteiger partial charge in [0.25, 0.3) is 0 Å². The zero-order chi connectivity index (χ0) is 11.1. The van der Waals surface area contributed by atoms with Gasteiger partial charge in [0, 0.05) is 0 Å². The van der Waals surface area contributed by atoms with Crippen LogP contribution < -0.4 is 0 Å². The molecule has 0 aliphatic heterocycles. The second-order valence-corrected chi connectivity index (χ2v) is 3.03. The van der Waals surface area contributed by atoms with E-state index in [0.717, 1.165) is 0 Å². The van der Waals surface area contributed by atoms with Gasteiger partial charge >= 0.3 is 5.97 Å². The molecule has 0 bridgehead atoms. The lowest BCUT2D eigenvalue weighted by Gasteiger charge is -1.98. The Balaban J connectivity index is 4.47. The predicted molar refractivity (Wildman–Crippen MR) is 54.6 cm³/mol. The molecule has 0 fully saturated rings. The van der Waals surface area contributed by atoms with Gasteiger partial charge in [-0.2, -0.15) is 0 Å². The topological polar surface area (TPSA) is 66.7 Å². The van der Waals surface area contributed by atoms with Crippen LogP contribution in [0.2, 0.25) is 0 Å². The van der Waals surface area contributed by atoms with E-state index in [1.165, 1.54) is 18.2 Å². The molecule has 1 N–H and O–H groups in total. The number of hydrogen-bond donors (Lipinski definition) is 1. The van der Waals surface area contributed by atoms with Crippen molar-refractivity contribution in [3.05, 3.63) is 41.0 Å². The molecular weight excluding hydrogens is 182 g/mol. The second kappa shape index (κ2) is 5.85. The minimum absolute atomic E-state index is 0.0234. The first-order chi connectivity index (χ1) is 6.49. The van der Waals surface area contributed by atoms with E-state index in [2.05, 4.69) is 11.8 Å². The van der Waals surface area contributed by atoms with Crippen molar-refractivity contribution in [2.45, 2.75) is 13.8 Å². The standard InChI is InChI=1S/C10H13NO3/c1-7(2)9(11-14)6-4-5-8(3)10(12)13/h4-7H,3H2,1-2H3,(H,12,13)/b5-4-,9-6-. The molecule has 0 unspecified atom stereocenters. The first-order valence-corrected chi connectivity index (χ1v) is 4.12. The fraction of sp³-hybridized carbons (Fsp3) is 0.300. The third-order valence-corrected chi connectivity index (χ3v) is 1.54. The number of rotatable bonds is 5. The first-order valence-electron chi connectivity index (χ1n) is 4.12. The van der Waals surface area contributed by atoms with Crippen LogP contribution in [0.1, 0.15) is 13.8 Å². The summed E-state index contributed by atoms with van der Waals surface area (Å²) in [5.41, 5.74) is 0.342. The predicted octanol–water partition coefficient (Wildman–Crippen LogP) is 2.49. The van der Waals surface area contributed by atoms with Crippen molar-refractivity contribution in [1.29, 1.82) is 0 Å². The maximum Gasteiger partial charge on any atom is 0.335 e. The highest BCUT2D eigenvalue weighted by atomic mass is 16.4. The molecule has 0 heterocycles. The first kappa shape index (κ1) is 12.3. The van der Waals surface area contributed by atoms with Gasteiger partial charge in [-0.3, -0.25) is 0 Å². The molecule has 0 amide bonds. The molecule has 0 aromatic heterocycles. The molecule has 0 spiro atoms. The molecule has 0 saturated heterocycles. The summed E-state index contributed by atoms with van der Waals surface area (Å²) >= 11 is 0. The summed E-state index contributed by atoms with van der Waals surface area (Å²) in [4.78, 5) is 20.6. The fourth-order valence-electron chi connectivity index (χ4n) is 0.662. The number of carbonyl (C=O) groups is 1. The smallest absolute Gasteiger partial charge is 0.335 e. The van der Waals surface area contributed by atoms with E-state index < -0.39 is 5.97 Å². The van der Waals surface area contributed by atoms with Gasteiger partial charge in [0.15, 0.2) is 0 Å². The lowest BCUT2D eigenvalue weighted by Crippen LogP contribution is -1.94.